The second-order valence-corrected chi connectivity index (χ2v) is 3.02. The Bertz CT molecular complexity index is 447. The Kier molecular flexibility index (Phi) is 4.62. The summed E-state index contributed by atoms with van der Waals surface area (Å²) in [4.78, 5) is 0. The van der Waals surface area contributed by atoms with Crippen molar-refractivity contribution in [3.05, 3.63) is 66.5 Å². The molecule has 1 aromatic carbocycles. The van der Waals surface area contributed by atoms with E-state index in [4.69, 9.17) is 10.00 Å². The third kappa shape index (κ3) is 3.47. The third-order valence-corrected chi connectivity index (χ3v) is 1.90. The van der Waals surface area contributed by atoms with Crippen LogP contribution in [0.4, 0.5) is 0 Å². The fourth-order valence-electron chi connectivity index (χ4n) is 1.09. The van der Waals surface area contributed by atoms with Crippen LogP contribution in [0, 0.1) is 11.3 Å². The van der Waals surface area contributed by atoms with Gasteiger partial charge in [0.25, 0.3) is 0 Å². The summed E-state index contributed by atoms with van der Waals surface area (Å²) < 4.78 is 5.58. The van der Waals surface area contributed by atoms with Crippen LogP contribution in [0.3, 0.4) is 0 Å². The van der Waals surface area contributed by atoms with E-state index in [1.807, 2.05) is 19.1 Å². The maximum absolute atomic E-state index is 8.65. The second-order valence-electron chi connectivity index (χ2n) is 3.02. The van der Waals surface area contributed by atoms with Crippen molar-refractivity contribution in [3.8, 4) is 11.8 Å². The van der Waals surface area contributed by atoms with E-state index < -0.39 is 0 Å². The first kappa shape index (κ1) is 11.8. The molecule has 0 saturated carbocycles. The lowest BCUT2D eigenvalue weighted by Crippen LogP contribution is -1.91. The van der Waals surface area contributed by atoms with E-state index in [1.54, 1.807) is 36.4 Å². The number of allylic oxidation sites excluding steroid dienone is 4. The fraction of sp³-hybridized carbons (Fsp3) is 0.0714. The zero-order valence-corrected chi connectivity index (χ0v) is 9.18. The first-order valence-corrected chi connectivity index (χ1v) is 4.93. The molecule has 0 spiro atoms. The lowest BCUT2D eigenvalue weighted by molar-refractivity contribution is 0.443. The van der Waals surface area contributed by atoms with E-state index in [9.17, 15) is 0 Å². The van der Waals surface area contributed by atoms with Crippen molar-refractivity contribution in [2.75, 3.05) is 0 Å². The predicted molar refractivity (Wildman–Crippen MR) is 64.9 cm³/mol. The minimum atomic E-state index is 0.621. The highest BCUT2D eigenvalue weighted by atomic mass is 16.5. The molecule has 0 radical (unpaired) electrons. The third-order valence-electron chi connectivity index (χ3n) is 1.90. The van der Waals surface area contributed by atoms with Crippen LogP contribution in [0.15, 0.2) is 60.9 Å². The number of nitrogens with zero attached hydrogens (tertiary/aromatic N) is 1. The SMILES string of the molecule is C=CC=CC(=CC)Oc1ccc(C#N)cc1. The van der Waals surface area contributed by atoms with Gasteiger partial charge in [0, 0.05) is 0 Å². The molecule has 80 valence electrons. The zero-order valence-electron chi connectivity index (χ0n) is 9.18. The topological polar surface area (TPSA) is 33.0 Å². The van der Waals surface area contributed by atoms with Crippen LogP contribution in [0.5, 0.6) is 5.75 Å². The highest BCUT2D eigenvalue weighted by Crippen LogP contribution is 2.15. The lowest BCUT2D eigenvalue weighted by atomic mass is 10.2. The van der Waals surface area contributed by atoms with Crippen molar-refractivity contribution in [1.82, 2.24) is 0 Å². The van der Waals surface area contributed by atoms with Crippen LogP contribution in [0.25, 0.3) is 0 Å². The molecule has 16 heavy (non-hydrogen) atoms. The minimum absolute atomic E-state index is 0.621. The molecule has 0 aliphatic heterocycles. The molecule has 0 aromatic heterocycles. The van der Waals surface area contributed by atoms with E-state index in [2.05, 4.69) is 12.6 Å². The van der Waals surface area contributed by atoms with Crippen molar-refractivity contribution >= 4 is 0 Å². The second kappa shape index (κ2) is 6.26. The monoisotopic (exact) mass is 211 g/mol. The van der Waals surface area contributed by atoms with Gasteiger partial charge in [-0.25, -0.2) is 0 Å². The highest BCUT2D eigenvalue weighted by molar-refractivity contribution is 5.36. The standard InChI is InChI=1S/C14H13NO/c1-3-5-6-13(4-2)16-14-9-7-12(11-15)8-10-14/h3-10H,1H2,2H3. The molecule has 2 heteroatoms. The summed E-state index contributed by atoms with van der Waals surface area (Å²) in [5.74, 6) is 1.45. The molecule has 1 aromatic rings. The highest BCUT2D eigenvalue weighted by Gasteiger charge is 1.96. The van der Waals surface area contributed by atoms with Gasteiger partial charge in [0.1, 0.15) is 11.5 Å². The van der Waals surface area contributed by atoms with Crippen LogP contribution in [-0.2, 0) is 0 Å². The number of hydrogen-bond donors (Lipinski definition) is 0. The molecule has 0 saturated heterocycles. The summed E-state index contributed by atoms with van der Waals surface area (Å²) in [6, 6.07) is 9.04. The van der Waals surface area contributed by atoms with Crippen molar-refractivity contribution in [2.45, 2.75) is 6.92 Å². The molecule has 0 N–H and O–H groups in total. The molecule has 0 bridgehead atoms. The molecule has 0 aliphatic rings. The van der Waals surface area contributed by atoms with Crippen molar-refractivity contribution in [2.24, 2.45) is 0 Å². The Balaban J connectivity index is 2.76. The molecular formula is C14H13NO. The normalized spacial score (nSPS) is 11.1. The number of benzene rings is 1. The summed E-state index contributed by atoms with van der Waals surface area (Å²) in [6.45, 7) is 5.49. The molecule has 0 unspecified atom stereocenters. The van der Waals surface area contributed by atoms with E-state index in [-0.39, 0.29) is 0 Å². The van der Waals surface area contributed by atoms with Crippen molar-refractivity contribution in [3.63, 3.8) is 0 Å². The Morgan fingerprint density at radius 1 is 1.38 bits per heavy atom. The van der Waals surface area contributed by atoms with Crippen LogP contribution < -0.4 is 4.74 Å². The van der Waals surface area contributed by atoms with Gasteiger partial charge in [-0.3, -0.25) is 0 Å². The van der Waals surface area contributed by atoms with Gasteiger partial charge in [-0.05, 0) is 43.3 Å². The van der Waals surface area contributed by atoms with E-state index in [1.165, 1.54) is 0 Å². The predicted octanol–water partition coefficient (Wildman–Crippen LogP) is 3.58. The van der Waals surface area contributed by atoms with Gasteiger partial charge in [0.2, 0.25) is 0 Å². The molecule has 1 rings (SSSR count). The van der Waals surface area contributed by atoms with Gasteiger partial charge in [-0.15, -0.1) is 0 Å². The first-order valence-electron chi connectivity index (χ1n) is 4.93. The smallest absolute Gasteiger partial charge is 0.127 e. The lowest BCUT2D eigenvalue weighted by Gasteiger charge is -2.05. The van der Waals surface area contributed by atoms with E-state index >= 15 is 0 Å². The Morgan fingerprint density at radius 2 is 2.06 bits per heavy atom. The number of hydrogen-bond acceptors (Lipinski definition) is 2. The maximum atomic E-state index is 8.65. The summed E-state index contributed by atoms with van der Waals surface area (Å²) in [5, 5.41) is 8.65. The summed E-state index contributed by atoms with van der Waals surface area (Å²) in [7, 11) is 0. The number of rotatable bonds is 4. The largest absolute Gasteiger partial charge is 0.458 e. The molecule has 0 fully saturated rings. The Hall–Kier alpha value is -2.27. The van der Waals surface area contributed by atoms with Crippen LogP contribution in [0.2, 0.25) is 0 Å². The molecule has 0 aliphatic carbocycles. The molecule has 0 heterocycles. The van der Waals surface area contributed by atoms with Gasteiger partial charge >= 0.3 is 0 Å². The van der Waals surface area contributed by atoms with Gasteiger partial charge in [0.05, 0.1) is 11.6 Å². The zero-order chi connectivity index (χ0) is 11.8. The quantitative estimate of drug-likeness (QED) is 0.563. The number of ether oxygens (including phenoxy) is 1. The van der Waals surface area contributed by atoms with Gasteiger partial charge in [0.15, 0.2) is 0 Å². The Morgan fingerprint density at radius 3 is 2.56 bits per heavy atom. The van der Waals surface area contributed by atoms with Gasteiger partial charge < -0.3 is 4.74 Å². The van der Waals surface area contributed by atoms with E-state index in [0.29, 0.717) is 11.3 Å². The van der Waals surface area contributed by atoms with Crippen LogP contribution in [-0.4, -0.2) is 0 Å². The maximum Gasteiger partial charge on any atom is 0.127 e. The summed E-state index contributed by atoms with van der Waals surface area (Å²) >= 11 is 0. The van der Waals surface area contributed by atoms with Gasteiger partial charge in [-0.2, -0.15) is 5.26 Å². The summed E-state index contributed by atoms with van der Waals surface area (Å²) in [5.41, 5.74) is 0.621. The van der Waals surface area contributed by atoms with Crippen molar-refractivity contribution in [1.29, 1.82) is 5.26 Å². The van der Waals surface area contributed by atoms with Gasteiger partial charge in [-0.1, -0.05) is 18.7 Å². The molecule has 2 nitrogen and oxygen atoms in total. The van der Waals surface area contributed by atoms with E-state index in [0.717, 1.165) is 5.76 Å². The molecule has 0 amide bonds. The van der Waals surface area contributed by atoms with Crippen molar-refractivity contribution < 1.29 is 4.74 Å². The average molecular weight is 211 g/mol. The number of nitriles is 1. The minimum Gasteiger partial charge on any atom is -0.458 e. The summed E-state index contributed by atoms with van der Waals surface area (Å²) in [6.07, 6.45) is 7.17. The average Bonchev–Trinajstić information content (AvgIpc) is 2.35. The molecule has 0 atom stereocenters. The van der Waals surface area contributed by atoms with Crippen LogP contribution in [0.1, 0.15) is 12.5 Å². The fourth-order valence-corrected chi connectivity index (χ4v) is 1.09. The Labute approximate surface area is 95.8 Å². The molecular weight excluding hydrogens is 198 g/mol. The first-order chi connectivity index (χ1) is 7.80. The van der Waals surface area contributed by atoms with Crippen LogP contribution >= 0.6 is 0 Å².